The van der Waals surface area contributed by atoms with Gasteiger partial charge in [0.25, 0.3) is 0 Å². The van der Waals surface area contributed by atoms with Gasteiger partial charge in [-0.15, -0.1) is 0 Å². The summed E-state index contributed by atoms with van der Waals surface area (Å²) >= 11 is 0. The Morgan fingerprint density at radius 3 is 2.06 bits per heavy atom. The molecule has 0 N–H and O–H groups in total. The molecule has 0 atom stereocenters. The first-order chi connectivity index (χ1) is 7.99. The van der Waals surface area contributed by atoms with Gasteiger partial charge in [0.2, 0.25) is 0 Å². The van der Waals surface area contributed by atoms with E-state index in [-0.39, 0.29) is 0 Å². The van der Waals surface area contributed by atoms with Crippen molar-refractivity contribution in [2.24, 2.45) is 5.41 Å². The highest BCUT2D eigenvalue weighted by molar-refractivity contribution is 4.98. The molecule has 0 aromatic heterocycles. The Bertz CT molecular complexity index is 277. The highest BCUT2D eigenvalue weighted by Crippen LogP contribution is 2.39. The predicted molar refractivity (Wildman–Crippen MR) is 69.2 cm³/mol. The smallest absolute Gasteiger partial charge is 0.0545 e. The molecule has 3 fully saturated rings. The van der Waals surface area contributed by atoms with Crippen molar-refractivity contribution >= 4 is 0 Å². The van der Waals surface area contributed by atoms with E-state index in [1.807, 2.05) is 0 Å². The van der Waals surface area contributed by atoms with Crippen LogP contribution in [-0.4, -0.2) is 60.8 Å². The maximum atomic E-state index is 5.39. The third kappa shape index (κ3) is 2.13. The molecule has 3 heteroatoms. The largest absolute Gasteiger partial charge is 0.380 e. The van der Waals surface area contributed by atoms with Gasteiger partial charge in [0, 0.05) is 30.1 Å². The Morgan fingerprint density at radius 2 is 1.65 bits per heavy atom. The van der Waals surface area contributed by atoms with Gasteiger partial charge in [-0.25, -0.2) is 0 Å². The number of hydrogen-bond acceptors (Lipinski definition) is 3. The molecule has 0 amide bonds. The fourth-order valence-electron chi connectivity index (χ4n) is 3.28. The van der Waals surface area contributed by atoms with Crippen molar-refractivity contribution in [3.63, 3.8) is 0 Å². The minimum Gasteiger partial charge on any atom is -0.380 e. The molecule has 3 rings (SSSR count). The molecule has 0 unspecified atom stereocenters. The fraction of sp³-hybridized carbons (Fsp3) is 1.00. The number of likely N-dealkylation sites (tertiary alicyclic amines) is 2. The molecule has 0 radical (unpaired) electrons. The zero-order chi connectivity index (χ0) is 12.1. The second kappa shape index (κ2) is 3.94. The molecule has 3 aliphatic heterocycles. The lowest BCUT2D eigenvalue weighted by atomic mass is 9.76. The van der Waals surface area contributed by atoms with Gasteiger partial charge in [0.1, 0.15) is 0 Å². The number of ether oxygens (including phenoxy) is 1. The van der Waals surface area contributed by atoms with Crippen LogP contribution in [0.2, 0.25) is 0 Å². The van der Waals surface area contributed by atoms with Crippen molar-refractivity contribution < 1.29 is 4.74 Å². The fourth-order valence-corrected chi connectivity index (χ4v) is 3.28. The first-order valence-corrected chi connectivity index (χ1v) is 7.05. The summed E-state index contributed by atoms with van der Waals surface area (Å²) in [5.41, 5.74) is 0.944. The third-order valence-electron chi connectivity index (χ3n) is 5.00. The molecule has 0 bridgehead atoms. The van der Waals surface area contributed by atoms with E-state index < -0.39 is 0 Å². The maximum absolute atomic E-state index is 5.39. The highest BCUT2D eigenvalue weighted by Gasteiger charge is 2.44. The summed E-state index contributed by atoms with van der Waals surface area (Å²) < 4.78 is 5.39. The highest BCUT2D eigenvalue weighted by atomic mass is 16.5. The molecule has 1 spiro atoms. The molecular formula is C14H26N2O. The average molecular weight is 238 g/mol. The summed E-state index contributed by atoms with van der Waals surface area (Å²) in [4.78, 5) is 5.31. The lowest BCUT2D eigenvalue weighted by molar-refractivity contribution is -0.150. The number of nitrogens with zero attached hydrogens (tertiary/aromatic N) is 2. The van der Waals surface area contributed by atoms with Gasteiger partial charge < -0.3 is 4.74 Å². The maximum Gasteiger partial charge on any atom is 0.0545 e. The van der Waals surface area contributed by atoms with E-state index in [4.69, 9.17) is 4.74 Å². The molecule has 3 nitrogen and oxygen atoms in total. The van der Waals surface area contributed by atoms with Crippen molar-refractivity contribution in [1.82, 2.24) is 9.80 Å². The number of piperidine rings is 1. The Morgan fingerprint density at radius 1 is 1.06 bits per heavy atom. The zero-order valence-corrected chi connectivity index (χ0v) is 11.5. The van der Waals surface area contributed by atoms with Gasteiger partial charge in [0.15, 0.2) is 0 Å². The standard InChI is InChI=1S/C14H26N2O/c1-13(2,3)16-8-12(9-16)15-6-4-14(5-7-15)10-17-11-14/h12H,4-11H2,1-3H3. The van der Waals surface area contributed by atoms with E-state index >= 15 is 0 Å². The molecule has 3 saturated heterocycles. The molecule has 98 valence electrons. The quantitative estimate of drug-likeness (QED) is 0.690. The second-order valence-corrected chi connectivity index (χ2v) is 7.26. The van der Waals surface area contributed by atoms with Crippen LogP contribution in [0.3, 0.4) is 0 Å². The van der Waals surface area contributed by atoms with Gasteiger partial charge in [-0.3, -0.25) is 9.80 Å². The number of hydrogen-bond donors (Lipinski definition) is 0. The first kappa shape index (κ1) is 11.9. The van der Waals surface area contributed by atoms with E-state index in [1.165, 1.54) is 39.0 Å². The normalized spacial score (nSPS) is 31.2. The lowest BCUT2D eigenvalue weighted by Gasteiger charge is -2.55. The summed E-state index contributed by atoms with van der Waals surface area (Å²) in [5, 5.41) is 0. The Labute approximate surface area is 105 Å². The van der Waals surface area contributed by atoms with Crippen LogP contribution in [0.15, 0.2) is 0 Å². The topological polar surface area (TPSA) is 15.7 Å². The molecule has 0 aromatic rings. The molecule has 0 aliphatic carbocycles. The van der Waals surface area contributed by atoms with Crippen molar-refractivity contribution in [3.8, 4) is 0 Å². The van der Waals surface area contributed by atoms with Crippen molar-refractivity contribution in [1.29, 1.82) is 0 Å². The van der Waals surface area contributed by atoms with Crippen LogP contribution in [0.1, 0.15) is 33.6 Å². The first-order valence-electron chi connectivity index (χ1n) is 7.05. The van der Waals surface area contributed by atoms with Crippen LogP contribution >= 0.6 is 0 Å². The predicted octanol–water partition coefficient (Wildman–Crippen LogP) is 1.58. The van der Waals surface area contributed by atoms with Crippen LogP contribution in [0, 0.1) is 5.41 Å². The van der Waals surface area contributed by atoms with Crippen LogP contribution in [0.5, 0.6) is 0 Å². The minimum atomic E-state index is 0.356. The summed E-state index contributed by atoms with van der Waals surface area (Å²) in [6, 6.07) is 0.826. The van der Waals surface area contributed by atoms with Gasteiger partial charge in [-0.2, -0.15) is 0 Å². The van der Waals surface area contributed by atoms with Gasteiger partial charge in [-0.1, -0.05) is 0 Å². The lowest BCUT2D eigenvalue weighted by Crippen LogP contribution is -2.66. The van der Waals surface area contributed by atoms with Crippen LogP contribution in [-0.2, 0) is 4.74 Å². The average Bonchev–Trinajstić information content (AvgIpc) is 2.12. The van der Waals surface area contributed by atoms with Gasteiger partial charge in [-0.05, 0) is 46.7 Å². The summed E-state index contributed by atoms with van der Waals surface area (Å²) in [6.45, 7) is 14.2. The summed E-state index contributed by atoms with van der Waals surface area (Å²) in [5.74, 6) is 0. The molecule has 3 aliphatic rings. The van der Waals surface area contributed by atoms with Crippen LogP contribution < -0.4 is 0 Å². The van der Waals surface area contributed by atoms with E-state index in [1.54, 1.807) is 0 Å². The van der Waals surface area contributed by atoms with E-state index in [0.29, 0.717) is 11.0 Å². The molecule has 0 aromatic carbocycles. The Balaban J connectivity index is 1.46. The van der Waals surface area contributed by atoms with Gasteiger partial charge in [0.05, 0.1) is 13.2 Å². The summed E-state index contributed by atoms with van der Waals surface area (Å²) in [7, 11) is 0. The SMILES string of the molecule is CC(C)(C)N1CC(N2CCC3(CC2)COC3)C1. The molecule has 17 heavy (non-hydrogen) atoms. The minimum absolute atomic E-state index is 0.356. The molecule has 3 heterocycles. The summed E-state index contributed by atoms with van der Waals surface area (Å²) in [6.07, 6.45) is 2.72. The van der Waals surface area contributed by atoms with Crippen LogP contribution in [0.25, 0.3) is 0 Å². The number of rotatable bonds is 1. The Kier molecular flexibility index (Phi) is 2.77. The van der Waals surface area contributed by atoms with Crippen LogP contribution in [0.4, 0.5) is 0 Å². The van der Waals surface area contributed by atoms with Crippen molar-refractivity contribution in [2.45, 2.75) is 45.2 Å². The third-order valence-corrected chi connectivity index (χ3v) is 5.00. The van der Waals surface area contributed by atoms with E-state index in [2.05, 4.69) is 30.6 Å². The zero-order valence-electron chi connectivity index (χ0n) is 11.5. The second-order valence-electron chi connectivity index (χ2n) is 7.26. The van der Waals surface area contributed by atoms with Crippen molar-refractivity contribution in [3.05, 3.63) is 0 Å². The molecule has 0 saturated carbocycles. The van der Waals surface area contributed by atoms with Crippen molar-refractivity contribution in [2.75, 3.05) is 39.4 Å². The Hall–Kier alpha value is -0.120. The van der Waals surface area contributed by atoms with Gasteiger partial charge >= 0.3 is 0 Å². The molecular weight excluding hydrogens is 212 g/mol. The monoisotopic (exact) mass is 238 g/mol. The van der Waals surface area contributed by atoms with E-state index in [0.717, 1.165) is 19.3 Å². The van der Waals surface area contributed by atoms with E-state index in [9.17, 15) is 0 Å².